The SMILES string of the molecule is N#Cc1ccc(NC(=O)c2ccc(S(=O)(=O)C(F)(F)F)cc2)cc1. The number of nitriles is 1. The fourth-order valence-electron chi connectivity index (χ4n) is 1.75. The number of nitrogens with one attached hydrogen (secondary N) is 1. The fraction of sp³-hybridized carbons (Fsp3) is 0.0667. The van der Waals surface area contributed by atoms with Crippen molar-refractivity contribution in [3.63, 3.8) is 0 Å². The molecule has 0 bridgehead atoms. The van der Waals surface area contributed by atoms with Crippen molar-refractivity contribution in [2.24, 2.45) is 0 Å². The number of sulfone groups is 1. The van der Waals surface area contributed by atoms with Crippen LogP contribution in [0, 0.1) is 11.3 Å². The number of benzene rings is 2. The highest BCUT2D eigenvalue weighted by Gasteiger charge is 2.46. The third kappa shape index (κ3) is 3.55. The molecule has 5 nitrogen and oxygen atoms in total. The van der Waals surface area contributed by atoms with Crippen molar-refractivity contribution < 1.29 is 26.4 Å². The molecule has 0 heterocycles. The van der Waals surface area contributed by atoms with Gasteiger partial charge in [-0.15, -0.1) is 0 Å². The largest absolute Gasteiger partial charge is 0.501 e. The molecule has 124 valence electrons. The van der Waals surface area contributed by atoms with Gasteiger partial charge in [0.05, 0.1) is 16.5 Å². The first-order chi connectivity index (χ1) is 11.1. The summed E-state index contributed by atoms with van der Waals surface area (Å²) < 4.78 is 59.8. The van der Waals surface area contributed by atoms with Crippen LogP contribution in [0.2, 0.25) is 0 Å². The molecule has 2 aromatic rings. The van der Waals surface area contributed by atoms with Gasteiger partial charge in [0.15, 0.2) is 0 Å². The predicted molar refractivity (Wildman–Crippen MR) is 78.8 cm³/mol. The molecule has 0 atom stereocenters. The van der Waals surface area contributed by atoms with E-state index in [-0.39, 0.29) is 5.56 Å². The van der Waals surface area contributed by atoms with Gasteiger partial charge < -0.3 is 5.32 Å². The molecule has 0 saturated heterocycles. The lowest BCUT2D eigenvalue weighted by Gasteiger charge is -2.09. The maximum atomic E-state index is 12.4. The first-order valence-electron chi connectivity index (χ1n) is 6.38. The number of halogens is 3. The smallest absolute Gasteiger partial charge is 0.322 e. The summed E-state index contributed by atoms with van der Waals surface area (Å²) in [6, 6.07) is 11.2. The summed E-state index contributed by atoms with van der Waals surface area (Å²) in [6.07, 6.45) is 0. The van der Waals surface area contributed by atoms with Crippen LogP contribution in [0.4, 0.5) is 18.9 Å². The molecule has 0 aliphatic rings. The fourth-order valence-corrected chi connectivity index (χ4v) is 2.51. The molecule has 1 amide bonds. The van der Waals surface area contributed by atoms with Crippen LogP contribution in [0.5, 0.6) is 0 Å². The van der Waals surface area contributed by atoms with E-state index >= 15 is 0 Å². The Labute approximate surface area is 135 Å². The van der Waals surface area contributed by atoms with Crippen LogP contribution in [0.25, 0.3) is 0 Å². The van der Waals surface area contributed by atoms with Crippen molar-refractivity contribution in [3.05, 3.63) is 59.7 Å². The molecular weight excluding hydrogens is 345 g/mol. The van der Waals surface area contributed by atoms with Crippen LogP contribution in [-0.4, -0.2) is 19.8 Å². The molecule has 0 spiro atoms. The highest BCUT2D eigenvalue weighted by Crippen LogP contribution is 2.30. The van der Waals surface area contributed by atoms with Crippen molar-refractivity contribution in [2.45, 2.75) is 10.4 Å². The molecule has 2 aromatic carbocycles. The summed E-state index contributed by atoms with van der Waals surface area (Å²) in [5.41, 5.74) is -4.64. The quantitative estimate of drug-likeness (QED) is 0.917. The molecule has 2 rings (SSSR count). The van der Waals surface area contributed by atoms with Gasteiger partial charge in [-0.25, -0.2) is 8.42 Å². The minimum Gasteiger partial charge on any atom is -0.322 e. The predicted octanol–water partition coefficient (Wildman–Crippen LogP) is 3.10. The molecule has 9 heteroatoms. The number of carbonyl (C=O) groups excluding carboxylic acids is 1. The second kappa shape index (κ2) is 6.33. The van der Waals surface area contributed by atoms with Gasteiger partial charge in [-0.05, 0) is 48.5 Å². The molecule has 0 unspecified atom stereocenters. The van der Waals surface area contributed by atoms with E-state index in [0.29, 0.717) is 11.3 Å². The lowest BCUT2D eigenvalue weighted by molar-refractivity contribution is -0.0436. The van der Waals surface area contributed by atoms with Crippen LogP contribution in [0.3, 0.4) is 0 Å². The highest BCUT2D eigenvalue weighted by atomic mass is 32.2. The lowest BCUT2D eigenvalue weighted by atomic mass is 10.2. The number of nitrogens with zero attached hydrogens (tertiary/aromatic N) is 1. The maximum absolute atomic E-state index is 12.4. The van der Waals surface area contributed by atoms with Crippen LogP contribution >= 0.6 is 0 Å². The zero-order chi connectivity index (χ0) is 18.0. The Hall–Kier alpha value is -2.86. The number of amides is 1. The van der Waals surface area contributed by atoms with Gasteiger partial charge in [0.1, 0.15) is 0 Å². The van der Waals surface area contributed by atoms with Crippen LogP contribution < -0.4 is 5.32 Å². The zero-order valence-corrected chi connectivity index (χ0v) is 12.6. The van der Waals surface area contributed by atoms with E-state index in [1.54, 1.807) is 0 Å². The summed E-state index contributed by atoms with van der Waals surface area (Å²) in [4.78, 5) is 11.0. The van der Waals surface area contributed by atoms with E-state index < -0.39 is 26.1 Å². The molecule has 0 radical (unpaired) electrons. The normalized spacial score (nSPS) is 11.6. The van der Waals surface area contributed by atoms with Gasteiger partial charge in [-0.2, -0.15) is 18.4 Å². The molecule has 1 N–H and O–H groups in total. The van der Waals surface area contributed by atoms with E-state index in [4.69, 9.17) is 5.26 Å². The molecule has 0 saturated carbocycles. The van der Waals surface area contributed by atoms with E-state index in [0.717, 1.165) is 24.3 Å². The average molecular weight is 354 g/mol. The Morgan fingerprint density at radius 1 is 1.00 bits per heavy atom. The Morgan fingerprint density at radius 2 is 1.54 bits per heavy atom. The van der Waals surface area contributed by atoms with E-state index in [1.165, 1.54) is 24.3 Å². The number of carbonyl (C=O) groups is 1. The van der Waals surface area contributed by atoms with Gasteiger partial charge >= 0.3 is 5.51 Å². The average Bonchev–Trinajstić information content (AvgIpc) is 2.54. The van der Waals surface area contributed by atoms with Crippen LogP contribution in [-0.2, 0) is 9.84 Å². The number of anilines is 1. The van der Waals surface area contributed by atoms with Crippen molar-refractivity contribution in [2.75, 3.05) is 5.32 Å². The topological polar surface area (TPSA) is 87.0 Å². The van der Waals surface area contributed by atoms with Gasteiger partial charge in [0, 0.05) is 11.3 Å². The Kier molecular flexibility index (Phi) is 4.61. The number of hydrogen-bond acceptors (Lipinski definition) is 4. The third-order valence-electron chi connectivity index (χ3n) is 3.00. The van der Waals surface area contributed by atoms with Gasteiger partial charge in [-0.1, -0.05) is 0 Å². The Morgan fingerprint density at radius 3 is 2.00 bits per heavy atom. The van der Waals surface area contributed by atoms with Crippen molar-refractivity contribution in [1.82, 2.24) is 0 Å². The minimum absolute atomic E-state index is 0.0134. The lowest BCUT2D eigenvalue weighted by Crippen LogP contribution is -2.23. The van der Waals surface area contributed by atoms with E-state index in [2.05, 4.69) is 5.32 Å². The third-order valence-corrected chi connectivity index (χ3v) is 4.51. The molecule has 0 aliphatic carbocycles. The highest BCUT2D eigenvalue weighted by molar-refractivity contribution is 7.92. The molecule has 0 aliphatic heterocycles. The van der Waals surface area contributed by atoms with Crippen molar-refractivity contribution in [3.8, 4) is 6.07 Å². The summed E-state index contributed by atoms with van der Waals surface area (Å²) in [5.74, 6) is -0.629. The van der Waals surface area contributed by atoms with Crippen molar-refractivity contribution >= 4 is 21.4 Å². The van der Waals surface area contributed by atoms with Gasteiger partial charge in [0.25, 0.3) is 15.7 Å². The molecule has 24 heavy (non-hydrogen) atoms. The molecular formula is C15H9F3N2O3S. The molecule has 0 fully saturated rings. The second-order valence-electron chi connectivity index (χ2n) is 4.62. The Balaban J connectivity index is 2.18. The number of rotatable bonds is 3. The van der Waals surface area contributed by atoms with E-state index in [9.17, 15) is 26.4 Å². The minimum atomic E-state index is -5.45. The summed E-state index contributed by atoms with van der Waals surface area (Å²) in [5, 5.41) is 11.1. The first-order valence-corrected chi connectivity index (χ1v) is 7.86. The zero-order valence-electron chi connectivity index (χ0n) is 11.8. The summed E-state index contributed by atoms with van der Waals surface area (Å²) in [7, 11) is -5.45. The monoisotopic (exact) mass is 354 g/mol. The van der Waals surface area contributed by atoms with E-state index in [1.807, 2.05) is 6.07 Å². The van der Waals surface area contributed by atoms with Gasteiger partial charge in [-0.3, -0.25) is 4.79 Å². The number of alkyl halides is 3. The summed E-state index contributed by atoms with van der Waals surface area (Å²) >= 11 is 0. The Bertz CT molecular complexity index is 897. The van der Waals surface area contributed by atoms with Crippen LogP contribution in [0.15, 0.2) is 53.4 Å². The first kappa shape index (κ1) is 17.5. The summed E-state index contributed by atoms with van der Waals surface area (Å²) in [6.45, 7) is 0. The van der Waals surface area contributed by atoms with Crippen molar-refractivity contribution in [1.29, 1.82) is 5.26 Å². The standard InChI is InChI=1S/C15H9F3N2O3S/c16-15(17,18)24(22,23)13-7-3-11(4-8-13)14(21)20-12-5-1-10(9-19)2-6-12/h1-8H,(H,20,21). The van der Waals surface area contributed by atoms with Crippen LogP contribution in [0.1, 0.15) is 15.9 Å². The maximum Gasteiger partial charge on any atom is 0.501 e. The number of hydrogen-bond donors (Lipinski definition) is 1. The second-order valence-corrected chi connectivity index (χ2v) is 6.56. The molecule has 0 aromatic heterocycles. The van der Waals surface area contributed by atoms with Gasteiger partial charge in [0.2, 0.25) is 0 Å².